The molecule has 0 saturated carbocycles. The number of methoxy groups -OCH3 is 1. The Labute approximate surface area is 166 Å². The van der Waals surface area contributed by atoms with Crippen LogP contribution in [0.25, 0.3) is 0 Å². The Balaban J connectivity index is 1.83. The Kier molecular flexibility index (Phi) is 6.36. The van der Waals surface area contributed by atoms with Gasteiger partial charge in [0.05, 0.1) is 17.6 Å². The van der Waals surface area contributed by atoms with Crippen molar-refractivity contribution in [3.05, 3.63) is 59.2 Å². The molecule has 1 aliphatic heterocycles. The Morgan fingerprint density at radius 3 is 2.50 bits per heavy atom. The molecule has 28 heavy (non-hydrogen) atoms. The largest absolute Gasteiger partial charge is 0.496 e. The van der Waals surface area contributed by atoms with E-state index in [1.54, 1.807) is 19.2 Å². The predicted octanol–water partition coefficient (Wildman–Crippen LogP) is 3.54. The lowest BCUT2D eigenvalue weighted by Crippen LogP contribution is -2.36. The average molecular weight is 404 g/mol. The molecule has 0 radical (unpaired) electrons. The maximum atomic E-state index is 13.0. The molecule has 0 unspecified atom stereocenters. The van der Waals surface area contributed by atoms with Crippen molar-refractivity contribution in [1.29, 1.82) is 0 Å². The summed E-state index contributed by atoms with van der Waals surface area (Å²) in [4.78, 5) is 12.7. The van der Waals surface area contributed by atoms with Crippen LogP contribution in [0.2, 0.25) is 0 Å². The summed E-state index contributed by atoms with van der Waals surface area (Å²) in [5.41, 5.74) is 1.80. The molecule has 0 aliphatic carbocycles. The van der Waals surface area contributed by atoms with E-state index in [1.165, 1.54) is 16.4 Å². The van der Waals surface area contributed by atoms with Gasteiger partial charge in [-0.05, 0) is 44.0 Å². The molecule has 0 amide bonds. The van der Waals surface area contributed by atoms with Gasteiger partial charge >= 0.3 is 5.97 Å². The smallest absolute Gasteiger partial charge is 0.339 e. The van der Waals surface area contributed by atoms with Crippen molar-refractivity contribution >= 4 is 16.0 Å². The first-order valence-corrected chi connectivity index (χ1v) is 10.8. The average Bonchev–Trinajstić information content (AvgIpc) is 2.72. The Morgan fingerprint density at radius 2 is 1.79 bits per heavy atom. The van der Waals surface area contributed by atoms with Crippen LogP contribution in [-0.4, -0.2) is 38.9 Å². The van der Waals surface area contributed by atoms with E-state index >= 15 is 0 Å². The highest BCUT2D eigenvalue weighted by atomic mass is 32.2. The van der Waals surface area contributed by atoms with Crippen LogP contribution in [0.5, 0.6) is 5.75 Å². The van der Waals surface area contributed by atoms with Gasteiger partial charge < -0.3 is 9.47 Å². The Morgan fingerprint density at radius 1 is 1.07 bits per heavy atom. The minimum Gasteiger partial charge on any atom is -0.496 e. The molecule has 1 saturated heterocycles. The van der Waals surface area contributed by atoms with Crippen LogP contribution >= 0.6 is 0 Å². The number of benzene rings is 2. The molecule has 0 spiro atoms. The van der Waals surface area contributed by atoms with Crippen molar-refractivity contribution in [2.75, 3.05) is 20.2 Å². The van der Waals surface area contributed by atoms with Gasteiger partial charge in [-0.3, -0.25) is 0 Å². The van der Waals surface area contributed by atoms with E-state index in [9.17, 15) is 13.2 Å². The van der Waals surface area contributed by atoms with Gasteiger partial charge in [0.2, 0.25) is 10.0 Å². The molecule has 0 aromatic heterocycles. The standard InChI is InChI=1S/C21H25NO5S/c1-16-10-11-19(26-2)17(14-16)15-27-21(23)18-8-4-5-9-20(18)28(24,25)22-12-6-3-7-13-22/h4-5,8-11,14H,3,6-7,12-13,15H2,1-2H3. The minimum atomic E-state index is -3.73. The number of aryl methyl sites for hydroxylation is 1. The minimum absolute atomic E-state index is 0.00175. The number of hydrogen-bond acceptors (Lipinski definition) is 5. The van der Waals surface area contributed by atoms with Crippen LogP contribution in [0, 0.1) is 6.92 Å². The summed E-state index contributed by atoms with van der Waals surface area (Å²) in [6, 6.07) is 11.8. The quantitative estimate of drug-likeness (QED) is 0.690. The van der Waals surface area contributed by atoms with E-state index in [-0.39, 0.29) is 17.1 Å². The molecule has 0 N–H and O–H groups in total. The molecular weight excluding hydrogens is 378 g/mol. The number of sulfonamides is 1. The summed E-state index contributed by atoms with van der Waals surface area (Å²) < 4.78 is 38.2. The zero-order chi connectivity index (χ0) is 20.1. The summed E-state index contributed by atoms with van der Waals surface area (Å²) >= 11 is 0. The Hall–Kier alpha value is -2.38. The van der Waals surface area contributed by atoms with Crippen molar-refractivity contribution in [2.24, 2.45) is 0 Å². The van der Waals surface area contributed by atoms with Gasteiger partial charge in [0.15, 0.2) is 0 Å². The second-order valence-corrected chi connectivity index (χ2v) is 8.76. The molecule has 2 aromatic carbocycles. The fourth-order valence-electron chi connectivity index (χ4n) is 3.35. The van der Waals surface area contributed by atoms with Crippen molar-refractivity contribution in [3.63, 3.8) is 0 Å². The van der Waals surface area contributed by atoms with Crippen LogP contribution in [0.4, 0.5) is 0 Å². The van der Waals surface area contributed by atoms with Crippen LogP contribution in [0.15, 0.2) is 47.4 Å². The lowest BCUT2D eigenvalue weighted by atomic mass is 10.1. The number of piperidine rings is 1. The van der Waals surface area contributed by atoms with Crippen molar-refractivity contribution < 1.29 is 22.7 Å². The number of carbonyl (C=O) groups is 1. The topological polar surface area (TPSA) is 72.9 Å². The summed E-state index contributed by atoms with van der Waals surface area (Å²) in [6.07, 6.45) is 2.69. The highest BCUT2D eigenvalue weighted by Crippen LogP contribution is 2.25. The number of ether oxygens (including phenoxy) is 2. The van der Waals surface area contributed by atoms with E-state index in [1.807, 2.05) is 25.1 Å². The predicted molar refractivity (Wildman–Crippen MR) is 106 cm³/mol. The fraction of sp³-hybridized carbons (Fsp3) is 0.381. The zero-order valence-corrected chi connectivity index (χ0v) is 17.0. The molecule has 1 fully saturated rings. The molecule has 6 nitrogen and oxygen atoms in total. The second kappa shape index (κ2) is 8.75. The number of carbonyl (C=O) groups excluding carboxylic acids is 1. The maximum absolute atomic E-state index is 13.0. The fourth-order valence-corrected chi connectivity index (χ4v) is 5.04. The van der Waals surface area contributed by atoms with E-state index < -0.39 is 16.0 Å². The highest BCUT2D eigenvalue weighted by molar-refractivity contribution is 7.89. The monoisotopic (exact) mass is 403 g/mol. The van der Waals surface area contributed by atoms with Gasteiger partial charge in [-0.25, -0.2) is 13.2 Å². The summed E-state index contributed by atoms with van der Waals surface area (Å²) in [5.74, 6) is -0.0487. The molecule has 2 aromatic rings. The third-order valence-corrected chi connectivity index (χ3v) is 6.79. The Bertz CT molecular complexity index is 949. The third kappa shape index (κ3) is 4.36. The second-order valence-electron chi connectivity index (χ2n) is 6.85. The van der Waals surface area contributed by atoms with Crippen molar-refractivity contribution in [1.82, 2.24) is 4.31 Å². The van der Waals surface area contributed by atoms with Gasteiger partial charge in [-0.1, -0.05) is 30.2 Å². The van der Waals surface area contributed by atoms with Gasteiger partial charge in [0, 0.05) is 18.7 Å². The summed E-state index contributed by atoms with van der Waals surface area (Å²) in [5, 5.41) is 0. The lowest BCUT2D eigenvalue weighted by Gasteiger charge is -2.26. The van der Waals surface area contributed by atoms with E-state index in [0.717, 1.165) is 30.4 Å². The summed E-state index contributed by atoms with van der Waals surface area (Å²) in [7, 11) is -2.18. The van der Waals surface area contributed by atoms with Crippen molar-refractivity contribution in [3.8, 4) is 5.75 Å². The first-order chi connectivity index (χ1) is 13.4. The molecule has 150 valence electrons. The molecule has 0 atom stereocenters. The number of rotatable bonds is 6. The number of hydrogen-bond donors (Lipinski definition) is 0. The highest BCUT2D eigenvalue weighted by Gasteiger charge is 2.30. The number of esters is 1. The van der Waals surface area contributed by atoms with Crippen LogP contribution in [0.1, 0.15) is 40.7 Å². The van der Waals surface area contributed by atoms with E-state index in [4.69, 9.17) is 9.47 Å². The van der Waals surface area contributed by atoms with Gasteiger partial charge in [-0.15, -0.1) is 0 Å². The van der Waals surface area contributed by atoms with Gasteiger partial charge in [0.1, 0.15) is 12.4 Å². The normalized spacial score (nSPS) is 15.2. The van der Waals surface area contributed by atoms with Crippen molar-refractivity contribution in [2.45, 2.75) is 37.7 Å². The molecule has 7 heteroatoms. The lowest BCUT2D eigenvalue weighted by molar-refractivity contribution is 0.0465. The molecule has 1 aliphatic rings. The summed E-state index contributed by atoms with van der Waals surface area (Å²) in [6.45, 7) is 2.89. The zero-order valence-electron chi connectivity index (χ0n) is 16.2. The van der Waals surface area contributed by atoms with Gasteiger partial charge in [0.25, 0.3) is 0 Å². The van der Waals surface area contributed by atoms with Crippen LogP contribution in [0.3, 0.4) is 0 Å². The van der Waals surface area contributed by atoms with Crippen LogP contribution < -0.4 is 4.74 Å². The maximum Gasteiger partial charge on any atom is 0.339 e. The SMILES string of the molecule is COc1ccc(C)cc1COC(=O)c1ccccc1S(=O)(=O)N1CCCCC1. The van der Waals surface area contributed by atoms with E-state index in [0.29, 0.717) is 18.8 Å². The molecule has 0 bridgehead atoms. The van der Waals surface area contributed by atoms with E-state index in [2.05, 4.69) is 0 Å². The first kappa shape index (κ1) is 20.4. The third-order valence-electron chi connectivity index (χ3n) is 4.83. The van der Waals surface area contributed by atoms with Crippen LogP contribution in [-0.2, 0) is 21.4 Å². The first-order valence-electron chi connectivity index (χ1n) is 9.33. The molecule has 1 heterocycles. The molecular formula is C21H25NO5S. The number of nitrogens with zero attached hydrogens (tertiary/aromatic N) is 1. The molecule has 3 rings (SSSR count). The van der Waals surface area contributed by atoms with Gasteiger partial charge in [-0.2, -0.15) is 4.31 Å².